The number of benzene rings is 1. The Bertz CT molecular complexity index is 324. The lowest BCUT2D eigenvalue weighted by Crippen LogP contribution is -2.24. The first-order valence-corrected chi connectivity index (χ1v) is 5.47. The van der Waals surface area contributed by atoms with E-state index in [2.05, 4.69) is 50.5 Å². The minimum atomic E-state index is 0.310. The van der Waals surface area contributed by atoms with Crippen molar-refractivity contribution in [3.8, 4) is 0 Å². The molecule has 1 aromatic rings. The van der Waals surface area contributed by atoms with Crippen molar-refractivity contribution in [1.29, 1.82) is 0 Å². The van der Waals surface area contributed by atoms with Crippen LogP contribution in [0.15, 0.2) is 24.3 Å². The molecule has 14 heavy (non-hydrogen) atoms. The third-order valence-electron chi connectivity index (χ3n) is 3.33. The first-order valence-electron chi connectivity index (χ1n) is 5.47. The zero-order valence-electron chi connectivity index (χ0n) is 9.30. The Kier molecular flexibility index (Phi) is 2.36. The van der Waals surface area contributed by atoms with E-state index in [1.807, 2.05) is 0 Å². The molecule has 0 unspecified atom stereocenters. The monoisotopic (exact) mass is 189 g/mol. The zero-order valence-corrected chi connectivity index (χ0v) is 9.30. The summed E-state index contributed by atoms with van der Waals surface area (Å²) in [6.45, 7) is 4.50. The Hall–Kier alpha value is -0.820. The van der Waals surface area contributed by atoms with Crippen LogP contribution in [0.1, 0.15) is 43.7 Å². The number of rotatable bonds is 3. The Morgan fingerprint density at radius 2 is 2.00 bits per heavy atom. The van der Waals surface area contributed by atoms with Crippen molar-refractivity contribution in [2.45, 2.75) is 38.1 Å². The molecule has 0 amide bonds. The van der Waals surface area contributed by atoms with Gasteiger partial charge in [-0.1, -0.05) is 38.1 Å². The molecule has 0 aromatic heterocycles. The molecule has 0 radical (unpaired) electrons. The van der Waals surface area contributed by atoms with E-state index in [9.17, 15) is 0 Å². The topological polar surface area (TPSA) is 12.0 Å². The molecular weight excluding hydrogens is 170 g/mol. The zero-order chi connectivity index (χ0) is 10.2. The molecule has 1 aliphatic rings. The molecule has 0 heterocycles. The minimum Gasteiger partial charge on any atom is -0.310 e. The molecule has 0 bridgehead atoms. The highest BCUT2D eigenvalue weighted by Gasteiger charge is 2.42. The molecule has 1 saturated carbocycles. The van der Waals surface area contributed by atoms with Crippen molar-refractivity contribution >= 4 is 0 Å². The summed E-state index contributed by atoms with van der Waals surface area (Å²) in [5.41, 5.74) is 3.22. The van der Waals surface area contributed by atoms with E-state index >= 15 is 0 Å². The van der Waals surface area contributed by atoms with Gasteiger partial charge in [-0.15, -0.1) is 0 Å². The fourth-order valence-electron chi connectivity index (χ4n) is 2.00. The van der Waals surface area contributed by atoms with Crippen LogP contribution in [0.3, 0.4) is 0 Å². The minimum absolute atomic E-state index is 0.310. The second-order valence-corrected chi connectivity index (χ2v) is 4.61. The molecule has 1 fully saturated rings. The summed E-state index contributed by atoms with van der Waals surface area (Å²) in [7, 11) is 2.06. The highest BCUT2D eigenvalue weighted by Crippen LogP contribution is 2.45. The predicted molar refractivity (Wildman–Crippen MR) is 60.5 cm³/mol. The summed E-state index contributed by atoms with van der Waals surface area (Å²) >= 11 is 0. The molecule has 1 nitrogen and oxygen atoms in total. The number of hydrogen-bond acceptors (Lipinski definition) is 1. The van der Waals surface area contributed by atoms with Gasteiger partial charge < -0.3 is 5.32 Å². The van der Waals surface area contributed by atoms with E-state index in [-0.39, 0.29) is 0 Å². The third-order valence-corrected chi connectivity index (χ3v) is 3.33. The highest BCUT2D eigenvalue weighted by molar-refractivity contribution is 5.34. The molecule has 76 valence electrons. The van der Waals surface area contributed by atoms with Crippen molar-refractivity contribution in [3.05, 3.63) is 35.4 Å². The van der Waals surface area contributed by atoms with Crippen molar-refractivity contribution in [1.82, 2.24) is 5.32 Å². The van der Waals surface area contributed by atoms with Crippen LogP contribution in [-0.4, -0.2) is 7.05 Å². The van der Waals surface area contributed by atoms with Gasteiger partial charge in [-0.25, -0.2) is 0 Å². The first-order chi connectivity index (χ1) is 6.68. The Labute approximate surface area is 86.5 Å². The van der Waals surface area contributed by atoms with Gasteiger partial charge in [-0.3, -0.25) is 0 Å². The average Bonchev–Trinajstić information content (AvgIpc) is 2.98. The van der Waals surface area contributed by atoms with Crippen LogP contribution in [0.2, 0.25) is 0 Å². The molecule has 1 N–H and O–H groups in total. The molecule has 0 spiro atoms. The maximum Gasteiger partial charge on any atom is 0.0433 e. The number of hydrogen-bond donors (Lipinski definition) is 1. The molecule has 0 aliphatic heterocycles. The van der Waals surface area contributed by atoms with Crippen molar-refractivity contribution < 1.29 is 0 Å². The van der Waals surface area contributed by atoms with E-state index in [0.717, 1.165) is 0 Å². The molecular formula is C13H19N. The van der Waals surface area contributed by atoms with Crippen LogP contribution in [-0.2, 0) is 5.54 Å². The van der Waals surface area contributed by atoms with Gasteiger partial charge in [0.05, 0.1) is 0 Å². The standard InChI is InChI=1S/C13H19N/c1-10(2)11-5-4-6-12(9-11)13(14-3)7-8-13/h4-6,9-10,14H,7-8H2,1-3H3. The van der Waals surface area contributed by atoms with E-state index < -0.39 is 0 Å². The van der Waals surface area contributed by atoms with Crippen molar-refractivity contribution in [2.75, 3.05) is 7.05 Å². The van der Waals surface area contributed by atoms with Gasteiger partial charge in [0, 0.05) is 5.54 Å². The van der Waals surface area contributed by atoms with Gasteiger partial charge in [0.15, 0.2) is 0 Å². The Morgan fingerprint density at radius 3 is 2.50 bits per heavy atom. The SMILES string of the molecule is CNC1(c2cccc(C(C)C)c2)CC1. The Morgan fingerprint density at radius 1 is 1.29 bits per heavy atom. The maximum atomic E-state index is 3.43. The summed E-state index contributed by atoms with van der Waals surface area (Å²) in [5.74, 6) is 0.627. The molecule has 1 heteroatoms. The molecule has 0 atom stereocenters. The fourth-order valence-corrected chi connectivity index (χ4v) is 2.00. The van der Waals surface area contributed by atoms with Gasteiger partial charge in [0.1, 0.15) is 0 Å². The summed E-state index contributed by atoms with van der Waals surface area (Å²) in [5, 5.41) is 3.43. The van der Waals surface area contributed by atoms with Crippen LogP contribution in [0, 0.1) is 0 Å². The second-order valence-electron chi connectivity index (χ2n) is 4.61. The van der Waals surface area contributed by atoms with E-state index in [1.54, 1.807) is 0 Å². The van der Waals surface area contributed by atoms with Gasteiger partial charge in [0.25, 0.3) is 0 Å². The van der Waals surface area contributed by atoms with Gasteiger partial charge in [-0.2, -0.15) is 0 Å². The van der Waals surface area contributed by atoms with Crippen molar-refractivity contribution in [3.63, 3.8) is 0 Å². The smallest absolute Gasteiger partial charge is 0.0433 e. The van der Waals surface area contributed by atoms with Crippen LogP contribution >= 0.6 is 0 Å². The normalized spacial score (nSPS) is 18.6. The highest BCUT2D eigenvalue weighted by atomic mass is 15.0. The molecule has 1 aliphatic carbocycles. The average molecular weight is 189 g/mol. The largest absolute Gasteiger partial charge is 0.310 e. The fraction of sp³-hybridized carbons (Fsp3) is 0.538. The van der Waals surface area contributed by atoms with Crippen LogP contribution < -0.4 is 5.32 Å². The van der Waals surface area contributed by atoms with Gasteiger partial charge in [-0.05, 0) is 36.9 Å². The van der Waals surface area contributed by atoms with Gasteiger partial charge >= 0.3 is 0 Å². The lowest BCUT2D eigenvalue weighted by Gasteiger charge is -2.16. The number of nitrogens with one attached hydrogen (secondary N) is 1. The predicted octanol–water partition coefficient (Wildman–Crippen LogP) is 3.02. The maximum absolute atomic E-state index is 3.43. The van der Waals surface area contributed by atoms with Crippen LogP contribution in [0.4, 0.5) is 0 Å². The second kappa shape index (κ2) is 3.39. The third kappa shape index (κ3) is 1.57. The van der Waals surface area contributed by atoms with Crippen LogP contribution in [0.25, 0.3) is 0 Å². The van der Waals surface area contributed by atoms with E-state index in [4.69, 9.17) is 0 Å². The summed E-state index contributed by atoms with van der Waals surface area (Å²) in [4.78, 5) is 0. The van der Waals surface area contributed by atoms with Crippen molar-refractivity contribution in [2.24, 2.45) is 0 Å². The summed E-state index contributed by atoms with van der Waals surface area (Å²) < 4.78 is 0. The quantitative estimate of drug-likeness (QED) is 0.770. The molecule has 1 aromatic carbocycles. The first kappa shape index (κ1) is 9.72. The van der Waals surface area contributed by atoms with Gasteiger partial charge in [0.2, 0.25) is 0 Å². The molecule has 0 saturated heterocycles. The summed E-state index contributed by atoms with van der Waals surface area (Å²) in [6, 6.07) is 9.01. The van der Waals surface area contributed by atoms with E-state index in [1.165, 1.54) is 24.0 Å². The van der Waals surface area contributed by atoms with E-state index in [0.29, 0.717) is 11.5 Å². The summed E-state index contributed by atoms with van der Waals surface area (Å²) in [6.07, 6.45) is 2.57. The lowest BCUT2D eigenvalue weighted by atomic mass is 9.97. The Balaban J connectivity index is 2.31. The lowest BCUT2D eigenvalue weighted by molar-refractivity contribution is 0.584. The molecule has 2 rings (SSSR count). The van der Waals surface area contributed by atoms with Crippen LogP contribution in [0.5, 0.6) is 0 Å².